The molecule has 5 nitrogen and oxygen atoms in total. The summed E-state index contributed by atoms with van der Waals surface area (Å²) in [6.45, 7) is 4.91. The number of hydrogen-bond acceptors (Lipinski definition) is 4. The number of Topliss-reactive ketones (excluding diaryl/α,β-unsaturated/α-hetero) is 1. The maximum atomic E-state index is 11.4. The molecule has 1 atom stereocenters. The topological polar surface area (TPSA) is 61.4 Å². The summed E-state index contributed by atoms with van der Waals surface area (Å²) in [7, 11) is 3.90. The van der Waals surface area contributed by atoms with Crippen LogP contribution in [0.4, 0.5) is 0 Å². The van der Waals surface area contributed by atoms with E-state index in [1.165, 1.54) is 6.92 Å². The average Bonchev–Trinajstić information content (AvgIpc) is 2.13. The molecule has 0 aliphatic heterocycles. The van der Waals surface area contributed by atoms with Crippen LogP contribution in [0.5, 0.6) is 0 Å². The molecular formula is C10H21N3O2. The van der Waals surface area contributed by atoms with E-state index in [0.29, 0.717) is 6.54 Å². The van der Waals surface area contributed by atoms with Gasteiger partial charge in [0.1, 0.15) is 5.78 Å². The fourth-order valence-electron chi connectivity index (χ4n) is 0.945. The number of amides is 1. The number of ketones is 1. The summed E-state index contributed by atoms with van der Waals surface area (Å²) in [5.41, 5.74) is 0. The number of nitrogens with one attached hydrogen (secondary N) is 2. The van der Waals surface area contributed by atoms with E-state index in [2.05, 4.69) is 10.6 Å². The van der Waals surface area contributed by atoms with Crippen molar-refractivity contribution in [2.45, 2.75) is 19.9 Å². The molecule has 0 rings (SSSR count). The molecule has 0 fully saturated rings. The Kier molecular flexibility index (Phi) is 6.90. The van der Waals surface area contributed by atoms with Crippen molar-refractivity contribution < 1.29 is 9.59 Å². The van der Waals surface area contributed by atoms with Crippen LogP contribution in [0.3, 0.4) is 0 Å². The van der Waals surface area contributed by atoms with Gasteiger partial charge < -0.3 is 10.2 Å². The van der Waals surface area contributed by atoms with E-state index < -0.39 is 0 Å². The minimum Gasteiger partial charge on any atom is -0.353 e. The van der Waals surface area contributed by atoms with Crippen LogP contribution >= 0.6 is 0 Å². The molecule has 0 bridgehead atoms. The van der Waals surface area contributed by atoms with Crippen LogP contribution in [-0.4, -0.2) is 56.4 Å². The molecule has 0 spiro atoms. The van der Waals surface area contributed by atoms with E-state index in [1.807, 2.05) is 19.0 Å². The van der Waals surface area contributed by atoms with Gasteiger partial charge in [-0.2, -0.15) is 0 Å². The van der Waals surface area contributed by atoms with E-state index in [1.54, 1.807) is 6.92 Å². The maximum Gasteiger partial charge on any atom is 0.236 e. The predicted octanol–water partition coefficient (Wildman–Crippen LogP) is -0.769. The van der Waals surface area contributed by atoms with E-state index in [4.69, 9.17) is 0 Å². The Balaban J connectivity index is 3.64. The first-order valence-corrected chi connectivity index (χ1v) is 5.08. The fourth-order valence-corrected chi connectivity index (χ4v) is 0.945. The first-order chi connectivity index (χ1) is 6.93. The summed E-state index contributed by atoms with van der Waals surface area (Å²) < 4.78 is 0. The third-order valence-corrected chi connectivity index (χ3v) is 1.91. The summed E-state index contributed by atoms with van der Waals surface area (Å²) >= 11 is 0. The molecule has 0 heterocycles. The number of hydrogen-bond donors (Lipinski definition) is 2. The van der Waals surface area contributed by atoms with Gasteiger partial charge in [0.05, 0.1) is 12.6 Å². The predicted molar refractivity (Wildman–Crippen MR) is 59.7 cm³/mol. The molecule has 2 N–H and O–H groups in total. The molecule has 0 aromatic carbocycles. The van der Waals surface area contributed by atoms with Gasteiger partial charge in [0.2, 0.25) is 5.91 Å². The Hall–Kier alpha value is -0.940. The fraction of sp³-hybridized carbons (Fsp3) is 0.800. The highest BCUT2D eigenvalue weighted by Crippen LogP contribution is 1.82. The average molecular weight is 215 g/mol. The molecule has 0 aliphatic carbocycles. The van der Waals surface area contributed by atoms with E-state index in [9.17, 15) is 9.59 Å². The third kappa shape index (κ3) is 8.08. The van der Waals surface area contributed by atoms with E-state index in [0.717, 1.165) is 6.54 Å². The standard InChI is InChI=1S/C10H21N3O2/c1-8(14)7-12-9(2)10(15)11-5-6-13(3)4/h9,12H,5-7H2,1-4H3,(H,11,15)/t9-/m1/s1. The highest BCUT2D eigenvalue weighted by atomic mass is 16.2. The smallest absolute Gasteiger partial charge is 0.236 e. The highest BCUT2D eigenvalue weighted by molar-refractivity contribution is 5.83. The van der Waals surface area contributed by atoms with Crippen molar-refractivity contribution in [3.63, 3.8) is 0 Å². The minimum atomic E-state index is -0.323. The SMILES string of the molecule is CC(=O)CN[C@H](C)C(=O)NCCN(C)C. The highest BCUT2D eigenvalue weighted by Gasteiger charge is 2.11. The molecule has 0 unspecified atom stereocenters. The summed E-state index contributed by atoms with van der Waals surface area (Å²) in [5, 5.41) is 5.63. The Bertz CT molecular complexity index is 217. The number of carbonyl (C=O) groups is 2. The van der Waals surface area contributed by atoms with Crippen molar-refractivity contribution in [3.05, 3.63) is 0 Å². The van der Waals surface area contributed by atoms with Gasteiger partial charge in [-0.3, -0.25) is 14.9 Å². The first kappa shape index (κ1) is 14.1. The molecule has 5 heteroatoms. The normalized spacial score (nSPS) is 12.6. The Labute approximate surface area is 91.2 Å². The zero-order chi connectivity index (χ0) is 11.8. The van der Waals surface area contributed by atoms with Gasteiger partial charge >= 0.3 is 0 Å². The second-order valence-corrected chi connectivity index (χ2v) is 3.90. The van der Waals surface area contributed by atoms with Crippen molar-refractivity contribution in [1.82, 2.24) is 15.5 Å². The lowest BCUT2D eigenvalue weighted by Gasteiger charge is -2.14. The third-order valence-electron chi connectivity index (χ3n) is 1.91. The van der Waals surface area contributed by atoms with Crippen LogP contribution in [-0.2, 0) is 9.59 Å². The van der Waals surface area contributed by atoms with Crippen LogP contribution in [0.1, 0.15) is 13.8 Å². The van der Waals surface area contributed by atoms with Crippen molar-refractivity contribution in [3.8, 4) is 0 Å². The number of likely N-dealkylation sites (N-methyl/N-ethyl adjacent to an activating group) is 1. The van der Waals surface area contributed by atoms with Crippen LogP contribution in [0.25, 0.3) is 0 Å². The molecule has 15 heavy (non-hydrogen) atoms. The Morgan fingerprint density at radius 3 is 2.40 bits per heavy atom. The van der Waals surface area contributed by atoms with Gasteiger partial charge in [0.25, 0.3) is 0 Å². The number of nitrogens with zero attached hydrogens (tertiary/aromatic N) is 1. The summed E-state index contributed by atoms with van der Waals surface area (Å²) in [6.07, 6.45) is 0. The molecule has 0 radical (unpaired) electrons. The zero-order valence-corrected chi connectivity index (χ0v) is 9.96. The Morgan fingerprint density at radius 1 is 1.33 bits per heavy atom. The zero-order valence-electron chi connectivity index (χ0n) is 9.96. The molecule has 0 aromatic heterocycles. The van der Waals surface area contributed by atoms with Gasteiger partial charge in [-0.05, 0) is 27.9 Å². The van der Waals surface area contributed by atoms with E-state index >= 15 is 0 Å². The van der Waals surface area contributed by atoms with Gasteiger partial charge in [0.15, 0.2) is 0 Å². The first-order valence-electron chi connectivity index (χ1n) is 5.08. The lowest BCUT2D eigenvalue weighted by molar-refractivity contribution is -0.123. The van der Waals surface area contributed by atoms with Gasteiger partial charge in [-0.15, -0.1) is 0 Å². The summed E-state index contributed by atoms with van der Waals surface area (Å²) in [4.78, 5) is 24.1. The summed E-state index contributed by atoms with van der Waals surface area (Å²) in [5.74, 6) is -0.0407. The lowest BCUT2D eigenvalue weighted by atomic mass is 10.3. The molecule has 1 amide bonds. The van der Waals surface area contributed by atoms with Crippen LogP contribution in [0, 0.1) is 0 Å². The summed E-state index contributed by atoms with van der Waals surface area (Å²) in [6, 6.07) is -0.323. The second-order valence-electron chi connectivity index (χ2n) is 3.90. The molecule has 0 saturated carbocycles. The minimum absolute atomic E-state index is 0.0305. The van der Waals surface area contributed by atoms with Crippen LogP contribution in [0.15, 0.2) is 0 Å². The Morgan fingerprint density at radius 2 is 1.93 bits per heavy atom. The largest absolute Gasteiger partial charge is 0.353 e. The molecule has 0 saturated heterocycles. The van der Waals surface area contributed by atoms with Gasteiger partial charge in [-0.25, -0.2) is 0 Å². The second kappa shape index (κ2) is 7.36. The number of carbonyl (C=O) groups excluding carboxylic acids is 2. The molecular weight excluding hydrogens is 194 g/mol. The lowest BCUT2D eigenvalue weighted by Crippen LogP contribution is -2.45. The molecule has 0 aromatic rings. The van der Waals surface area contributed by atoms with Gasteiger partial charge in [0, 0.05) is 13.1 Å². The quantitative estimate of drug-likeness (QED) is 0.585. The maximum absolute atomic E-state index is 11.4. The van der Waals surface area contributed by atoms with Crippen molar-refractivity contribution in [1.29, 1.82) is 0 Å². The van der Waals surface area contributed by atoms with Crippen LogP contribution in [0.2, 0.25) is 0 Å². The van der Waals surface area contributed by atoms with E-state index in [-0.39, 0.29) is 24.3 Å². The van der Waals surface area contributed by atoms with Crippen molar-refractivity contribution >= 4 is 11.7 Å². The van der Waals surface area contributed by atoms with Crippen molar-refractivity contribution in [2.24, 2.45) is 0 Å². The van der Waals surface area contributed by atoms with Crippen LogP contribution < -0.4 is 10.6 Å². The molecule has 0 aliphatic rings. The van der Waals surface area contributed by atoms with Crippen molar-refractivity contribution in [2.75, 3.05) is 33.7 Å². The number of rotatable bonds is 7. The molecule has 88 valence electrons. The van der Waals surface area contributed by atoms with Gasteiger partial charge in [-0.1, -0.05) is 0 Å². The monoisotopic (exact) mass is 215 g/mol.